The summed E-state index contributed by atoms with van der Waals surface area (Å²) in [4.78, 5) is 8.43. The first-order valence-corrected chi connectivity index (χ1v) is 6.65. The van der Waals surface area contributed by atoms with Crippen molar-refractivity contribution in [2.45, 2.75) is 6.92 Å². The van der Waals surface area contributed by atoms with Crippen molar-refractivity contribution < 1.29 is 4.74 Å². The lowest BCUT2D eigenvalue weighted by Crippen LogP contribution is -2.04. The van der Waals surface area contributed by atoms with E-state index in [0.717, 1.165) is 11.4 Å². The number of nitrogens with one attached hydrogen (secondary N) is 1. The van der Waals surface area contributed by atoms with Crippen LogP contribution >= 0.6 is 0 Å². The number of hydrogen-bond donors (Lipinski definition) is 1. The SMILES string of the molecule is COc1ccc(Nc2nc3nc(C)c(C#N)c(C#N)n3n2)cc1. The van der Waals surface area contributed by atoms with Crippen molar-refractivity contribution in [3.8, 4) is 17.9 Å². The molecule has 23 heavy (non-hydrogen) atoms. The van der Waals surface area contributed by atoms with Crippen molar-refractivity contribution in [2.75, 3.05) is 12.4 Å². The van der Waals surface area contributed by atoms with E-state index in [1.807, 2.05) is 24.3 Å². The highest BCUT2D eigenvalue weighted by atomic mass is 16.5. The molecule has 2 heterocycles. The van der Waals surface area contributed by atoms with Gasteiger partial charge in [0.05, 0.1) is 12.8 Å². The molecule has 0 saturated heterocycles. The summed E-state index contributed by atoms with van der Waals surface area (Å²) in [6.07, 6.45) is 0. The lowest BCUT2D eigenvalue weighted by molar-refractivity contribution is 0.415. The van der Waals surface area contributed by atoms with Crippen molar-refractivity contribution in [3.05, 3.63) is 41.2 Å². The predicted molar refractivity (Wildman–Crippen MR) is 81.2 cm³/mol. The Morgan fingerprint density at radius 3 is 2.48 bits per heavy atom. The molecule has 0 aliphatic rings. The standard InChI is InChI=1S/C15H11N7O/c1-9-12(7-16)13(8-17)22-15(18-9)20-14(21-22)19-10-3-5-11(23-2)6-4-10/h3-6H,1-2H3,(H,19,21). The number of methoxy groups -OCH3 is 1. The first kappa shape index (κ1) is 14.3. The predicted octanol–water partition coefficient (Wildman–Crippen LogP) is 1.93. The zero-order valence-electron chi connectivity index (χ0n) is 12.4. The molecule has 0 unspecified atom stereocenters. The lowest BCUT2D eigenvalue weighted by atomic mass is 10.2. The number of rotatable bonds is 3. The van der Waals surface area contributed by atoms with E-state index < -0.39 is 0 Å². The van der Waals surface area contributed by atoms with Crippen molar-refractivity contribution in [1.29, 1.82) is 10.5 Å². The van der Waals surface area contributed by atoms with Crippen LogP contribution < -0.4 is 10.1 Å². The normalized spacial score (nSPS) is 10.1. The van der Waals surface area contributed by atoms with Crippen LogP contribution in [-0.4, -0.2) is 26.7 Å². The van der Waals surface area contributed by atoms with Gasteiger partial charge in [0.25, 0.3) is 5.78 Å². The molecule has 0 fully saturated rings. The van der Waals surface area contributed by atoms with E-state index in [4.69, 9.17) is 10.00 Å². The summed E-state index contributed by atoms with van der Waals surface area (Å²) in [5, 5.41) is 25.6. The average molecular weight is 305 g/mol. The van der Waals surface area contributed by atoms with Crippen LogP contribution in [0, 0.1) is 29.6 Å². The zero-order chi connectivity index (χ0) is 16.4. The molecule has 8 heteroatoms. The Labute approximate surface area is 131 Å². The molecule has 1 aromatic carbocycles. The molecule has 112 valence electrons. The minimum Gasteiger partial charge on any atom is -0.497 e. The van der Waals surface area contributed by atoms with Crippen LogP contribution in [0.4, 0.5) is 11.6 Å². The highest BCUT2D eigenvalue weighted by Gasteiger charge is 2.16. The van der Waals surface area contributed by atoms with Crippen LogP contribution in [0.2, 0.25) is 0 Å². The summed E-state index contributed by atoms with van der Waals surface area (Å²) < 4.78 is 6.36. The van der Waals surface area contributed by atoms with Gasteiger partial charge in [-0.1, -0.05) is 0 Å². The second kappa shape index (κ2) is 5.62. The van der Waals surface area contributed by atoms with Gasteiger partial charge in [-0.25, -0.2) is 4.98 Å². The van der Waals surface area contributed by atoms with E-state index in [1.54, 1.807) is 26.2 Å². The molecule has 0 aliphatic heterocycles. The average Bonchev–Trinajstić information content (AvgIpc) is 2.95. The second-order valence-corrected chi connectivity index (χ2v) is 4.65. The fourth-order valence-electron chi connectivity index (χ4n) is 2.10. The maximum absolute atomic E-state index is 9.28. The van der Waals surface area contributed by atoms with Gasteiger partial charge < -0.3 is 10.1 Å². The van der Waals surface area contributed by atoms with E-state index in [1.165, 1.54) is 4.52 Å². The van der Waals surface area contributed by atoms with Gasteiger partial charge in [0.2, 0.25) is 5.95 Å². The summed E-state index contributed by atoms with van der Waals surface area (Å²) in [6, 6.07) is 11.2. The Hall–Kier alpha value is -3.65. The summed E-state index contributed by atoms with van der Waals surface area (Å²) in [6.45, 7) is 1.66. The van der Waals surface area contributed by atoms with Gasteiger partial charge in [-0.3, -0.25) is 0 Å². The van der Waals surface area contributed by atoms with Crippen molar-refractivity contribution >= 4 is 17.4 Å². The van der Waals surface area contributed by atoms with Gasteiger partial charge >= 0.3 is 0 Å². The van der Waals surface area contributed by atoms with Crippen molar-refractivity contribution in [1.82, 2.24) is 19.6 Å². The quantitative estimate of drug-likeness (QED) is 0.786. The molecule has 8 nitrogen and oxygen atoms in total. The second-order valence-electron chi connectivity index (χ2n) is 4.65. The monoisotopic (exact) mass is 305 g/mol. The van der Waals surface area contributed by atoms with Crippen LogP contribution in [0.3, 0.4) is 0 Å². The van der Waals surface area contributed by atoms with E-state index in [0.29, 0.717) is 5.69 Å². The maximum atomic E-state index is 9.28. The summed E-state index contributed by atoms with van der Waals surface area (Å²) >= 11 is 0. The van der Waals surface area contributed by atoms with Gasteiger partial charge in [-0.2, -0.15) is 20.0 Å². The van der Waals surface area contributed by atoms with Crippen molar-refractivity contribution in [2.24, 2.45) is 0 Å². The molecule has 0 saturated carbocycles. The Bertz CT molecular complexity index is 961. The third-order valence-electron chi connectivity index (χ3n) is 3.23. The number of ether oxygens (including phenoxy) is 1. The van der Waals surface area contributed by atoms with Crippen LogP contribution in [0.1, 0.15) is 17.0 Å². The van der Waals surface area contributed by atoms with Crippen LogP contribution in [0.15, 0.2) is 24.3 Å². The summed E-state index contributed by atoms with van der Waals surface area (Å²) in [7, 11) is 1.59. The number of hydrogen-bond acceptors (Lipinski definition) is 7. The van der Waals surface area contributed by atoms with E-state index >= 15 is 0 Å². The molecule has 0 radical (unpaired) electrons. The Kier molecular flexibility index (Phi) is 3.49. The molecule has 0 amide bonds. The topological polar surface area (TPSA) is 112 Å². The maximum Gasteiger partial charge on any atom is 0.255 e. The summed E-state index contributed by atoms with van der Waals surface area (Å²) in [5.41, 5.74) is 1.52. The highest BCUT2D eigenvalue weighted by molar-refractivity contribution is 5.57. The molecule has 2 aromatic heterocycles. The van der Waals surface area contributed by atoms with Crippen molar-refractivity contribution in [3.63, 3.8) is 0 Å². The van der Waals surface area contributed by atoms with Gasteiger partial charge in [-0.05, 0) is 31.2 Å². The number of fused-ring (bicyclic) bond motifs is 1. The molecular weight excluding hydrogens is 294 g/mol. The summed E-state index contributed by atoms with van der Waals surface area (Å²) in [5.74, 6) is 1.28. The Balaban J connectivity index is 2.03. The first-order valence-electron chi connectivity index (χ1n) is 6.65. The Morgan fingerprint density at radius 2 is 1.87 bits per heavy atom. The smallest absolute Gasteiger partial charge is 0.255 e. The third kappa shape index (κ3) is 2.49. The number of benzene rings is 1. The number of nitrogens with zero attached hydrogens (tertiary/aromatic N) is 6. The zero-order valence-corrected chi connectivity index (χ0v) is 12.4. The van der Waals surface area contributed by atoms with Gasteiger partial charge in [0.15, 0.2) is 5.69 Å². The molecule has 0 atom stereocenters. The fraction of sp³-hybridized carbons (Fsp3) is 0.133. The molecule has 3 aromatic rings. The lowest BCUT2D eigenvalue weighted by Gasteiger charge is -2.03. The number of aromatic nitrogens is 4. The molecule has 3 rings (SSSR count). The van der Waals surface area contributed by atoms with E-state index in [9.17, 15) is 5.26 Å². The minimum atomic E-state index is 0.116. The van der Waals surface area contributed by atoms with Gasteiger partial charge in [-0.15, -0.1) is 5.10 Å². The number of nitriles is 2. The fourth-order valence-corrected chi connectivity index (χ4v) is 2.10. The highest BCUT2D eigenvalue weighted by Crippen LogP contribution is 2.19. The van der Waals surface area contributed by atoms with Gasteiger partial charge in [0, 0.05) is 5.69 Å². The number of aryl methyl sites for hydroxylation is 1. The van der Waals surface area contributed by atoms with Crippen LogP contribution in [0.25, 0.3) is 5.78 Å². The first-order chi connectivity index (χ1) is 11.2. The molecule has 0 spiro atoms. The minimum absolute atomic E-state index is 0.116. The molecular formula is C15H11N7O. The van der Waals surface area contributed by atoms with Gasteiger partial charge in [0.1, 0.15) is 23.5 Å². The van der Waals surface area contributed by atoms with Crippen LogP contribution in [-0.2, 0) is 0 Å². The number of anilines is 2. The van der Waals surface area contributed by atoms with E-state index in [2.05, 4.69) is 20.4 Å². The Morgan fingerprint density at radius 1 is 1.13 bits per heavy atom. The molecule has 0 bridgehead atoms. The van der Waals surface area contributed by atoms with E-state index in [-0.39, 0.29) is 23.0 Å². The third-order valence-corrected chi connectivity index (χ3v) is 3.23. The molecule has 1 N–H and O–H groups in total. The largest absolute Gasteiger partial charge is 0.497 e. The molecule has 0 aliphatic carbocycles. The van der Waals surface area contributed by atoms with Crippen LogP contribution in [0.5, 0.6) is 5.75 Å².